The number of benzene rings is 1. The Morgan fingerprint density at radius 1 is 1.25 bits per heavy atom. The van der Waals surface area contributed by atoms with Gasteiger partial charge in [-0.1, -0.05) is 0 Å². The van der Waals surface area contributed by atoms with E-state index in [1.54, 1.807) is 12.1 Å². The molecule has 1 aromatic rings. The van der Waals surface area contributed by atoms with Gasteiger partial charge in [-0.05, 0) is 46.1 Å². The largest absolute Gasteiger partial charge is 0.375 e. The Balaban J connectivity index is 2.88. The molecule has 0 fully saturated rings. The minimum Gasteiger partial charge on any atom is -0.375 e. The molecule has 6 heteroatoms. The highest BCUT2D eigenvalue weighted by Gasteiger charge is 2.18. The van der Waals surface area contributed by atoms with Crippen LogP contribution in [0.2, 0.25) is 0 Å². The molecule has 0 amide bonds. The Hall–Kier alpha value is -1.95. The zero-order valence-corrected chi connectivity index (χ0v) is 12.4. The van der Waals surface area contributed by atoms with Gasteiger partial charge in [-0.2, -0.15) is 0 Å². The SMILES string of the molecule is CC(=O)c1cc(N(C)CCCN(C)C)ccc1[N+](=O)[O-]. The van der Waals surface area contributed by atoms with Gasteiger partial charge in [0, 0.05) is 25.3 Å². The summed E-state index contributed by atoms with van der Waals surface area (Å²) in [5.74, 6) is -0.291. The average Bonchev–Trinajstić information content (AvgIpc) is 2.37. The third-order valence-electron chi connectivity index (χ3n) is 3.10. The number of ketones is 1. The van der Waals surface area contributed by atoms with Crippen molar-refractivity contribution in [2.45, 2.75) is 13.3 Å². The topological polar surface area (TPSA) is 66.7 Å². The molecule has 0 radical (unpaired) electrons. The van der Waals surface area contributed by atoms with E-state index in [1.807, 2.05) is 26.0 Å². The number of hydrogen-bond donors (Lipinski definition) is 0. The number of carbonyl (C=O) groups is 1. The molecule has 0 heterocycles. The van der Waals surface area contributed by atoms with Crippen LogP contribution in [-0.2, 0) is 0 Å². The summed E-state index contributed by atoms with van der Waals surface area (Å²) >= 11 is 0. The second-order valence-electron chi connectivity index (χ2n) is 5.09. The number of nitro benzene ring substituents is 1. The molecule has 1 aromatic carbocycles. The zero-order chi connectivity index (χ0) is 15.3. The van der Waals surface area contributed by atoms with Crippen molar-refractivity contribution in [3.8, 4) is 0 Å². The van der Waals surface area contributed by atoms with Crippen molar-refractivity contribution in [2.75, 3.05) is 39.1 Å². The molecule has 1 rings (SSSR count). The van der Waals surface area contributed by atoms with Crippen LogP contribution in [0.5, 0.6) is 0 Å². The fourth-order valence-corrected chi connectivity index (χ4v) is 1.96. The molecular formula is C14H21N3O3. The maximum Gasteiger partial charge on any atom is 0.280 e. The number of nitro groups is 1. The highest BCUT2D eigenvalue weighted by atomic mass is 16.6. The van der Waals surface area contributed by atoms with Gasteiger partial charge in [0.05, 0.1) is 10.5 Å². The second kappa shape index (κ2) is 7.00. The van der Waals surface area contributed by atoms with Crippen molar-refractivity contribution in [3.63, 3.8) is 0 Å². The van der Waals surface area contributed by atoms with E-state index in [0.717, 1.165) is 25.2 Å². The Bertz CT molecular complexity index is 500. The maximum absolute atomic E-state index is 11.5. The fourth-order valence-electron chi connectivity index (χ4n) is 1.96. The van der Waals surface area contributed by atoms with E-state index in [9.17, 15) is 14.9 Å². The first-order valence-corrected chi connectivity index (χ1v) is 6.48. The first kappa shape index (κ1) is 16.1. The van der Waals surface area contributed by atoms with Crippen molar-refractivity contribution in [1.29, 1.82) is 0 Å². The quantitative estimate of drug-likeness (QED) is 0.435. The van der Waals surface area contributed by atoms with E-state index in [0.29, 0.717) is 0 Å². The predicted molar refractivity (Wildman–Crippen MR) is 79.5 cm³/mol. The summed E-state index contributed by atoms with van der Waals surface area (Å²) in [7, 11) is 5.94. The van der Waals surface area contributed by atoms with Gasteiger partial charge in [-0.25, -0.2) is 0 Å². The number of nitrogens with zero attached hydrogens (tertiary/aromatic N) is 3. The van der Waals surface area contributed by atoms with Crippen LogP contribution in [0.1, 0.15) is 23.7 Å². The van der Waals surface area contributed by atoms with Crippen molar-refractivity contribution in [2.24, 2.45) is 0 Å². The highest BCUT2D eigenvalue weighted by Crippen LogP contribution is 2.25. The van der Waals surface area contributed by atoms with Crippen LogP contribution in [0.15, 0.2) is 18.2 Å². The lowest BCUT2D eigenvalue weighted by Gasteiger charge is -2.20. The molecule has 6 nitrogen and oxygen atoms in total. The van der Waals surface area contributed by atoms with Crippen LogP contribution >= 0.6 is 0 Å². The van der Waals surface area contributed by atoms with Crippen molar-refractivity contribution < 1.29 is 9.72 Å². The number of anilines is 1. The molecule has 0 saturated heterocycles. The van der Waals surface area contributed by atoms with Gasteiger partial charge in [-0.15, -0.1) is 0 Å². The molecular weight excluding hydrogens is 258 g/mol. The Morgan fingerprint density at radius 3 is 2.40 bits per heavy atom. The number of Topliss-reactive ketones (excluding diaryl/α,β-unsaturated/α-hetero) is 1. The molecule has 20 heavy (non-hydrogen) atoms. The van der Waals surface area contributed by atoms with Gasteiger partial charge < -0.3 is 9.80 Å². The third kappa shape index (κ3) is 4.31. The lowest BCUT2D eigenvalue weighted by atomic mass is 10.1. The predicted octanol–water partition coefficient (Wildman–Crippen LogP) is 2.19. The lowest BCUT2D eigenvalue weighted by Crippen LogP contribution is -2.23. The van der Waals surface area contributed by atoms with Crippen molar-refractivity contribution >= 4 is 17.2 Å². The standard InChI is InChI=1S/C14H21N3O3/c1-11(18)13-10-12(6-7-14(13)17(19)20)16(4)9-5-8-15(2)3/h6-7,10H,5,8-9H2,1-4H3. The molecule has 110 valence electrons. The molecule has 0 spiro atoms. The summed E-state index contributed by atoms with van der Waals surface area (Å²) in [4.78, 5) is 26.0. The van der Waals surface area contributed by atoms with Crippen molar-refractivity contribution in [3.05, 3.63) is 33.9 Å². The van der Waals surface area contributed by atoms with Crippen LogP contribution < -0.4 is 4.90 Å². The van der Waals surface area contributed by atoms with E-state index in [-0.39, 0.29) is 17.0 Å². The van der Waals surface area contributed by atoms with Crippen molar-refractivity contribution in [1.82, 2.24) is 4.90 Å². The third-order valence-corrected chi connectivity index (χ3v) is 3.10. The van der Waals surface area contributed by atoms with Gasteiger partial charge in [-0.3, -0.25) is 14.9 Å². The van der Waals surface area contributed by atoms with Crippen LogP contribution in [0.3, 0.4) is 0 Å². The second-order valence-corrected chi connectivity index (χ2v) is 5.09. The smallest absolute Gasteiger partial charge is 0.280 e. The van der Waals surface area contributed by atoms with Gasteiger partial charge in [0.1, 0.15) is 0 Å². The normalized spacial score (nSPS) is 10.7. The fraction of sp³-hybridized carbons (Fsp3) is 0.500. The summed E-state index contributed by atoms with van der Waals surface area (Å²) < 4.78 is 0. The van der Waals surface area contributed by atoms with Gasteiger partial charge in [0.15, 0.2) is 5.78 Å². The van der Waals surface area contributed by atoms with Crippen LogP contribution in [0.25, 0.3) is 0 Å². The molecule has 0 unspecified atom stereocenters. The Kier molecular flexibility index (Phi) is 5.64. The molecule has 0 aliphatic carbocycles. The first-order chi connectivity index (χ1) is 9.32. The van der Waals surface area contributed by atoms with Crippen LogP contribution in [0.4, 0.5) is 11.4 Å². The summed E-state index contributed by atoms with van der Waals surface area (Å²) in [5.41, 5.74) is 0.842. The Labute approximate surface area is 119 Å². The van der Waals surface area contributed by atoms with E-state index in [1.165, 1.54) is 13.0 Å². The lowest BCUT2D eigenvalue weighted by molar-refractivity contribution is -0.385. The summed E-state index contributed by atoms with van der Waals surface area (Å²) in [5, 5.41) is 10.9. The van der Waals surface area contributed by atoms with Gasteiger partial charge >= 0.3 is 0 Å². The number of hydrogen-bond acceptors (Lipinski definition) is 5. The molecule has 0 atom stereocenters. The van der Waals surface area contributed by atoms with E-state index in [4.69, 9.17) is 0 Å². The molecule has 0 aliphatic rings. The molecule has 0 bridgehead atoms. The molecule has 0 aliphatic heterocycles. The van der Waals surface area contributed by atoms with E-state index in [2.05, 4.69) is 4.90 Å². The monoisotopic (exact) mass is 279 g/mol. The van der Waals surface area contributed by atoms with E-state index >= 15 is 0 Å². The van der Waals surface area contributed by atoms with Gasteiger partial charge in [0.25, 0.3) is 5.69 Å². The van der Waals surface area contributed by atoms with Gasteiger partial charge in [0.2, 0.25) is 0 Å². The Morgan fingerprint density at radius 2 is 1.90 bits per heavy atom. The molecule has 0 aromatic heterocycles. The summed E-state index contributed by atoms with van der Waals surface area (Å²) in [6, 6.07) is 4.67. The molecule has 0 N–H and O–H groups in total. The minimum atomic E-state index is -0.521. The van der Waals surface area contributed by atoms with Crippen LogP contribution in [-0.4, -0.2) is 49.8 Å². The van der Waals surface area contributed by atoms with Crippen LogP contribution in [0, 0.1) is 10.1 Å². The first-order valence-electron chi connectivity index (χ1n) is 6.48. The maximum atomic E-state index is 11.5. The number of rotatable bonds is 7. The minimum absolute atomic E-state index is 0.136. The summed E-state index contributed by atoms with van der Waals surface area (Å²) in [6.45, 7) is 3.14. The average molecular weight is 279 g/mol. The van der Waals surface area contributed by atoms with E-state index < -0.39 is 4.92 Å². The highest BCUT2D eigenvalue weighted by molar-refractivity contribution is 5.99. The summed E-state index contributed by atoms with van der Waals surface area (Å²) in [6.07, 6.45) is 0.982. The zero-order valence-electron chi connectivity index (χ0n) is 12.4. The molecule has 0 saturated carbocycles. The number of carbonyl (C=O) groups excluding carboxylic acids is 1.